The van der Waals surface area contributed by atoms with Crippen molar-refractivity contribution in [3.05, 3.63) is 34.9 Å². The van der Waals surface area contributed by atoms with Crippen LogP contribution in [-0.4, -0.2) is 7.05 Å². The van der Waals surface area contributed by atoms with Crippen molar-refractivity contribution < 1.29 is 8.78 Å². The first kappa shape index (κ1) is 13.0. The smallest absolute Gasteiger partial charge is 0.133 e. The van der Waals surface area contributed by atoms with Crippen LogP contribution in [0.4, 0.5) is 8.78 Å². The first-order valence-corrected chi connectivity index (χ1v) is 7.23. The van der Waals surface area contributed by atoms with E-state index in [9.17, 15) is 8.78 Å². The van der Waals surface area contributed by atoms with Crippen LogP contribution in [0.25, 0.3) is 0 Å². The number of aryl methyl sites for hydroxylation is 1. The summed E-state index contributed by atoms with van der Waals surface area (Å²) in [5, 5.41) is 3.17. The number of hydrogen-bond donors (Lipinski definition) is 1. The van der Waals surface area contributed by atoms with Gasteiger partial charge in [0.15, 0.2) is 0 Å². The first-order chi connectivity index (χ1) is 9.11. The Morgan fingerprint density at radius 1 is 1.21 bits per heavy atom. The maximum Gasteiger partial charge on any atom is 0.133 e. The van der Waals surface area contributed by atoms with Gasteiger partial charge in [-0.25, -0.2) is 8.78 Å². The molecule has 2 aliphatic carbocycles. The number of rotatable bonds is 3. The lowest BCUT2D eigenvalue weighted by Crippen LogP contribution is -2.30. The minimum atomic E-state index is -0.412. The molecular formula is C16H21F2N. The van der Waals surface area contributed by atoms with Crippen molar-refractivity contribution in [3.63, 3.8) is 0 Å². The van der Waals surface area contributed by atoms with Crippen molar-refractivity contribution in [2.75, 3.05) is 7.05 Å². The summed E-state index contributed by atoms with van der Waals surface area (Å²) < 4.78 is 28.4. The summed E-state index contributed by atoms with van der Waals surface area (Å²) in [4.78, 5) is 0. The molecule has 3 rings (SSSR count). The van der Waals surface area contributed by atoms with Crippen molar-refractivity contribution >= 4 is 0 Å². The average Bonchev–Trinajstić information content (AvgIpc) is 3.01. The summed E-state index contributed by atoms with van der Waals surface area (Å²) >= 11 is 0. The van der Waals surface area contributed by atoms with Crippen LogP contribution in [-0.2, 0) is 0 Å². The second-order valence-electron chi connectivity index (χ2n) is 6.20. The van der Waals surface area contributed by atoms with E-state index < -0.39 is 5.82 Å². The SMILES string of the molecule is CNC(c1c(F)ccc(C)c1F)C1CC2CCC1C2. The van der Waals surface area contributed by atoms with Crippen LogP contribution in [0.3, 0.4) is 0 Å². The van der Waals surface area contributed by atoms with Crippen LogP contribution in [0.2, 0.25) is 0 Å². The van der Waals surface area contributed by atoms with Gasteiger partial charge in [0.1, 0.15) is 11.6 Å². The molecule has 0 saturated heterocycles. The molecule has 0 aromatic heterocycles. The van der Waals surface area contributed by atoms with E-state index in [1.807, 2.05) is 7.05 Å². The summed E-state index contributed by atoms with van der Waals surface area (Å²) in [5.41, 5.74) is 0.778. The normalized spacial score (nSPS) is 30.8. The number of benzene rings is 1. The van der Waals surface area contributed by atoms with E-state index in [0.717, 1.165) is 12.3 Å². The Hall–Kier alpha value is -0.960. The van der Waals surface area contributed by atoms with E-state index >= 15 is 0 Å². The molecule has 1 nitrogen and oxygen atoms in total. The van der Waals surface area contributed by atoms with E-state index in [1.165, 1.54) is 31.4 Å². The van der Waals surface area contributed by atoms with Crippen LogP contribution < -0.4 is 5.32 Å². The van der Waals surface area contributed by atoms with Crippen LogP contribution in [0.5, 0.6) is 0 Å². The monoisotopic (exact) mass is 265 g/mol. The Morgan fingerprint density at radius 2 is 2.00 bits per heavy atom. The minimum Gasteiger partial charge on any atom is -0.313 e. The van der Waals surface area contributed by atoms with E-state index in [2.05, 4.69) is 5.32 Å². The van der Waals surface area contributed by atoms with Crippen molar-refractivity contribution in [3.8, 4) is 0 Å². The lowest BCUT2D eigenvalue weighted by Gasteiger charge is -2.31. The van der Waals surface area contributed by atoms with E-state index in [-0.39, 0.29) is 17.4 Å². The summed E-state index contributed by atoms with van der Waals surface area (Å²) in [5.74, 6) is 1.02. The quantitative estimate of drug-likeness (QED) is 0.872. The molecule has 1 N–H and O–H groups in total. The molecule has 1 aromatic rings. The summed E-state index contributed by atoms with van der Waals surface area (Å²) in [7, 11) is 1.82. The van der Waals surface area contributed by atoms with Gasteiger partial charge in [0, 0.05) is 11.6 Å². The lowest BCUT2D eigenvalue weighted by molar-refractivity contribution is 0.250. The van der Waals surface area contributed by atoms with Crippen LogP contribution in [0.1, 0.15) is 42.9 Å². The first-order valence-electron chi connectivity index (χ1n) is 7.23. The molecule has 0 heterocycles. The van der Waals surface area contributed by atoms with Crippen molar-refractivity contribution in [1.82, 2.24) is 5.32 Å². The van der Waals surface area contributed by atoms with Crippen molar-refractivity contribution in [2.45, 2.75) is 38.6 Å². The maximum absolute atomic E-state index is 14.3. The van der Waals surface area contributed by atoms with Gasteiger partial charge in [-0.3, -0.25) is 0 Å². The Kier molecular flexibility index (Phi) is 3.34. The maximum atomic E-state index is 14.3. The Labute approximate surface area is 113 Å². The van der Waals surface area contributed by atoms with Gasteiger partial charge < -0.3 is 5.32 Å². The minimum absolute atomic E-state index is 0.185. The van der Waals surface area contributed by atoms with E-state index in [1.54, 1.807) is 6.92 Å². The Balaban J connectivity index is 1.97. The van der Waals surface area contributed by atoms with Crippen molar-refractivity contribution in [1.29, 1.82) is 0 Å². The second kappa shape index (κ2) is 4.86. The average molecular weight is 265 g/mol. The molecule has 3 heteroatoms. The topological polar surface area (TPSA) is 12.0 Å². The number of nitrogens with one attached hydrogen (secondary N) is 1. The highest BCUT2D eigenvalue weighted by atomic mass is 19.1. The number of fused-ring (bicyclic) bond motifs is 2. The summed E-state index contributed by atoms with van der Waals surface area (Å²) in [6.07, 6.45) is 4.89. The fourth-order valence-electron chi connectivity index (χ4n) is 4.24. The molecule has 4 unspecified atom stereocenters. The predicted octanol–water partition coefficient (Wildman–Crippen LogP) is 3.97. The molecule has 2 saturated carbocycles. The van der Waals surface area contributed by atoms with Crippen LogP contribution in [0, 0.1) is 36.3 Å². The number of hydrogen-bond acceptors (Lipinski definition) is 1. The Morgan fingerprint density at radius 3 is 2.58 bits per heavy atom. The van der Waals surface area contributed by atoms with Gasteiger partial charge in [-0.15, -0.1) is 0 Å². The molecule has 4 atom stereocenters. The summed E-state index contributed by atoms with van der Waals surface area (Å²) in [6, 6.07) is 2.72. The highest BCUT2D eigenvalue weighted by molar-refractivity contribution is 5.30. The van der Waals surface area contributed by atoms with Crippen LogP contribution >= 0.6 is 0 Å². The molecule has 19 heavy (non-hydrogen) atoms. The molecule has 104 valence electrons. The molecule has 0 spiro atoms. The van der Waals surface area contributed by atoms with Crippen LogP contribution in [0.15, 0.2) is 12.1 Å². The Bertz CT molecular complexity index is 486. The third-order valence-electron chi connectivity index (χ3n) is 5.16. The molecule has 2 fully saturated rings. The standard InChI is InChI=1S/C16H21F2N/c1-9-3-6-13(17)14(15(9)18)16(19-2)12-8-10-4-5-11(12)7-10/h3,6,10-12,16,19H,4-5,7-8H2,1-2H3. The highest BCUT2D eigenvalue weighted by Crippen LogP contribution is 2.53. The zero-order valence-electron chi connectivity index (χ0n) is 11.5. The largest absolute Gasteiger partial charge is 0.313 e. The zero-order valence-corrected chi connectivity index (χ0v) is 11.5. The predicted molar refractivity (Wildman–Crippen MR) is 71.8 cm³/mol. The van der Waals surface area contributed by atoms with Gasteiger partial charge in [-0.05, 0) is 62.6 Å². The molecule has 0 radical (unpaired) electrons. The lowest BCUT2D eigenvalue weighted by atomic mass is 9.80. The fraction of sp³-hybridized carbons (Fsp3) is 0.625. The van der Waals surface area contributed by atoms with Gasteiger partial charge in [-0.1, -0.05) is 12.5 Å². The van der Waals surface area contributed by atoms with E-state index in [4.69, 9.17) is 0 Å². The molecule has 0 amide bonds. The third-order valence-corrected chi connectivity index (χ3v) is 5.16. The van der Waals surface area contributed by atoms with Gasteiger partial charge in [0.05, 0.1) is 0 Å². The molecular weight excluding hydrogens is 244 g/mol. The molecule has 0 aliphatic heterocycles. The summed E-state index contributed by atoms with van der Waals surface area (Å²) in [6.45, 7) is 1.70. The van der Waals surface area contributed by atoms with Gasteiger partial charge >= 0.3 is 0 Å². The van der Waals surface area contributed by atoms with Gasteiger partial charge in [-0.2, -0.15) is 0 Å². The van der Waals surface area contributed by atoms with E-state index in [0.29, 0.717) is 17.4 Å². The van der Waals surface area contributed by atoms with Gasteiger partial charge in [0.25, 0.3) is 0 Å². The van der Waals surface area contributed by atoms with Gasteiger partial charge in [0.2, 0.25) is 0 Å². The van der Waals surface area contributed by atoms with Crippen molar-refractivity contribution in [2.24, 2.45) is 17.8 Å². The molecule has 2 bridgehead atoms. The molecule has 2 aliphatic rings. The number of halogens is 2. The third kappa shape index (κ3) is 2.08. The second-order valence-corrected chi connectivity index (χ2v) is 6.20. The zero-order chi connectivity index (χ0) is 13.6. The highest BCUT2D eigenvalue weighted by Gasteiger charge is 2.44. The fourth-order valence-corrected chi connectivity index (χ4v) is 4.24. The molecule has 1 aromatic carbocycles.